The zero-order valence-electron chi connectivity index (χ0n) is 8.35. The SMILES string of the molecule is N#CCCN(C(=O)c1ccoc1)C1CC1. The molecule has 15 heavy (non-hydrogen) atoms. The fourth-order valence-electron chi connectivity index (χ4n) is 1.56. The third-order valence-electron chi connectivity index (χ3n) is 2.48. The Labute approximate surface area is 88.1 Å². The first kappa shape index (κ1) is 9.78. The third kappa shape index (κ3) is 2.18. The van der Waals surface area contributed by atoms with Crippen LogP contribution in [0.25, 0.3) is 0 Å². The van der Waals surface area contributed by atoms with Crippen LogP contribution in [-0.4, -0.2) is 23.4 Å². The van der Waals surface area contributed by atoms with E-state index in [-0.39, 0.29) is 5.91 Å². The normalized spacial score (nSPS) is 14.6. The number of carbonyl (C=O) groups excluding carboxylic acids is 1. The van der Waals surface area contributed by atoms with Gasteiger partial charge in [-0.05, 0) is 18.9 Å². The second-order valence-electron chi connectivity index (χ2n) is 3.65. The van der Waals surface area contributed by atoms with E-state index in [9.17, 15) is 4.79 Å². The average molecular weight is 204 g/mol. The molecule has 0 aliphatic heterocycles. The van der Waals surface area contributed by atoms with E-state index < -0.39 is 0 Å². The quantitative estimate of drug-likeness (QED) is 0.751. The van der Waals surface area contributed by atoms with E-state index in [1.165, 1.54) is 12.5 Å². The van der Waals surface area contributed by atoms with Crippen LogP contribution >= 0.6 is 0 Å². The van der Waals surface area contributed by atoms with Crippen LogP contribution in [0, 0.1) is 11.3 Å². The lowest BCUT2D eigenvalue weighted by atomic mass is 10.2. The number of hydrogen-bond donors (Lipinski definition) is 0. The molecule has 0 radical (unpaired) electrons. The van der Waals surface area contributed by atoms with E-state index in [2.05, 4.69) is 6.07 Å². The molecule has 0 N–H and O–H groups in total. The van der Waals surface area contributed by atoms with Crippen LogP contribution in [0.15, 0.2) is 23.0 Å². The summed E-state index contributed by atoms with van der Waals surface area (Å²) in [7, 11) is 0. The van der Waals surface area contributed by atoms with Gasteiger partial charge in [0.05, 0.1) is 24.3 Å². The summed E-state index contributed by atoms with van der Waals surface area (Å²) in [5, 5.41) is 8.52. The Morgan fingerprint density at radius 2 is 2.47 bits per heavy atom. The Bertz CT molecular complexity index is 374. The van der Waals surface area contributed by atoms with Gasteiger partial charge in [0.15, 0.2) is 0 Å². The number of amides is 1. The Kier molecular flexibility index (Phi) is 2.72. The summed E-state index contributed by atoms with van der Waals surface area (Å²) in [6.45, 7) is 0.519. The molecule has 1 aliphatic carbocycles. The monoisotopic (exact) mass is 204 g/mol. The number of carbonyl (C=O) groups is 1. The van der Waals surface area contributed by atoms with Gasteiger partial charge in [0, 0.05) is 12.6 Å². The van der Waals surface area contributed by atoms with Gasteiger partial charge in [0.25, 0.3) is 5.91 Å². The lowest BCUT2D eigenvalue weighted by Crippen LogP contribution is -2.33. The Hall–Kier alpha value is -1.76. The maximum atomic E-state index is 11.9. The molecule has 78 valence electrons. The van der Waals surface area contributed by atoms with E-state index in [0.29, 0.717) is 24.6 Å². The predicted octanol–water partition coefficient (Wildman–Crippen LogP) is 1.80. The van der Waals surface area contributed by atoms with Crippen molar-refractivity contribution in [2.24, 2.45) is 0 Å². The van der Waals surface area contributed by atoms with Crippen LogP contribution in [0.4, 0.5) is 0 Å². The molecular formula is C11H12N2O2. The maximum absolute atomic E-state index is 11.9. The van der Waals surface area contributed by atoms with Crippen LogP contribution in [0.3, 0.4) is 0 Å². The van der Waals surface area contributed by atoms with Gasteiger partial charge in [0.1, 0.15) is 6.26 Å². The van der Waals surface area contributed by atoms with Gasteiger partial charge in [0.2, 0.25) is 0 Å². The second-order valence-corrected chi connectivity index (χ2v) is 3.65. The van der Waals surface area contributed by atoms with E-state index in [1.807, 2.05) is 0 Å². The molecule has 0 saturated heterocycles. The zero-order chi connectivity index (χ0) is 10.7. The summed E-state index contributed by atoms with van der Waals surface area (Å²) >= 11 is 0. The highest BCUT2D eigenvalue weighted by Crippen LogP contribution is 2.28. The smallest absolute Gasteiger partial charge is 0.257 e. The molecule has 1 fully saturated rings. The molecule has 1 aliphatic rings. The number of nitrogens with zero attached hydrogens (tertiary/aromatic N) is 2. The molecule has 0 unspecified atom stereocenters. The van der Waals surface area contributed by atoms with Crippen LogP contribution in [0.1, 0.15) is 29.6 Å². The first-order valence-electron chi connectivity index (χ1n) is 5.03. The fraction of sp³-hybridized carbons (Fsp3) is 0.455. The van der Waals surface area contributed by atoms with Crippen molar-refractivity contribution in [3.63, 3.8) is 0 Å². The molecule has 0 spiro atoms. The Morgan fingerprint density at radius 3 is 3.00 bits per heavy atom. The van der Waals surface area contributed by atoms with Gasteiger partial charge in [-0.25, -0.2) is 0 Å². The molecule has 0 aromatic carbocycles. The lowest BCUT2D eigenvalue weighted by Gasteiger charge is -2.20. The summed E-state index contributed by atoms with van der Waals surface area (Å²) in [6, 6.07) is 4.05. The minimum Gasteiger partial charge on any atom is -0.472 e. The van der Waals surface area contributed by atoms with Crippen molar-refractivity contribution in [2.75, 3.05) is 6.54 Å². The molecular weight excluding hydrogens is 192 g/mol. The van der Waals surface area contributed by atoms with Crippen molar-refractivity contribution >= 4 is 5.91 Å². The summed E-state index contributed by atoms with van der Waals surface area (Å²) in [6.07, 6.45) is 5.43. The molecule has 1 amide bonds. The highest BCUT2D eigenvalue weighted by molar-refractivity contribution is 5.94. The molecule has 1 aromatic rings. The Morgan fingerprint density at radius 1 is 1.67 bits per heavy atom. The number of furan rings is 1. The number of hydrogen-bond acceptors (Lipinski definition) is 3. The molecule has 4 heteroatoms. The van der Waals surface area contributed by atoms with Gasteiger partial charge in [-0.3, -0.25) is 4.79 Å². The summed E-state index contributed by atoms with van der Waals surface area (Å²) in [4.78, 5) is 13.7. The van der Waals surface area contributed by atoms with Gasteiger partial charge in [-0.15, -0.1) is 0 Å². The van der Waals surface area contributed by atoms with Gasteiger partial charge < -0.3 is 9.32 Å². The van der Waals surface area contributed by atoms with Crippen LogP contribution in [-0.2, 0) is 0 Å². The van der Waals surface area contributed by atoms with Crippen LogP contribution in [0.5, 0.6) is 0 Å². The minimum atomic E-state index is -0.0264. The maximum Gasteiger partial charge on any atom is 0.257 e. The van der Waals surface area contributed by atoms with Gasteiger partial charge in [-0.1, -0.05) is 0 Å². The van der Waals surface area contributed by atoms with Crippen LogP contribution in [0.2, 0.25) is 0 Å². The van der Waals surface area contributed by atoms with Crippen molar-refractivity contribution in [1.82, 2.24) is 4.90 Å². The van der Waals surface area contributed by atoms with E-state index >= 15 is 0 Å². The van der Waals surface area contributed by atoms with Crippen LogP contribution < -0.4 is 0 Å². The topological polar surface area (TPSA) is 57.2 Å². The van der Waals surface area contributed by atoms with Crippen molar-refractivity contribution < 1.29 is 9.21 Å². The summed E-state index contributed by atoms with van der Waals surface area (Å²) < 4.78 is 4.88. The number of nitriles is 1. The van der Waals surface area contributed by atoms with Crippen molar-refractivity contribution in [3.8, 4) is 6.07 Å². The highest BCUT2D eigenvalue weighted by atomic mass is 16.3. The zero-order valence-corrected chi connectivity index (χ0v) is 8.35. The first-order valence-corrected chi connectivity index (χ1v) is 5.03. The van der Waals surface area contributed by atoms with E-state index in [0.717, 1.165) is 12.8 Å². The second kappa shape index (κ2) is 4.18. The summed E-state index contributed by atoms with van der Waals surface area (Å²) in [5.74, 6) is -0.0264. The molecule has 2 rings (SSSR count). The standard InChI is InChI=1S/C11H12N2O2/c12-5-1-6-13(10-2-3-10)11(14)9-4-7-15-8-9/h4,7-8,10H,1-3,6H2. The van der Waals surface area contributed by atoms with E-state index in [1.54, 1.807) is 11.0 Å². The summed E-state index contributed by atoms with van der Waals surface area (Å²) in [5.41, 5.74) is 0.569. The van der Waals surface area contributed by atoms with Gasteiger partial charge >= 0.3 is 0 Å². The third-order valence-corrected chi connectivity index (χ3v) is 2.48. The minimum absolute atomic E-state index is 0.0264. The molecule has 0 atom stereocenters. The molecule has 1 aromatic heterocycles. The molecule has 0 bridgehead atoms. The fourth-order valence-corrected chi connectivity index (χ4v) is 1.56. The average Bonchev–Trinajstić information content (AvgIpc) is 2.94. The molecule has 1 heterocycles. The largest absolute Gasteiger partial charge is 0.472 e. The molecule has 4 nitrogen and oxygen atoms in total. The van der Waals surface area contributed by atoms with Gasteiger partial charge in [-0.2, -0.15) is 5.26 Å². The lowest BCUT2D eigenvalue weighted by molar-refractivity contribution is 0.0746. The molecule has 1 saturated carbocycles. The van der Waals surface area contributed by atoms with Crippen molar-refractivity contribution in [2.45, 2.75) is 25.3 Å². The highest BCUT2D eigenvalue weighted by Gasteiger charge is 2.32. The van der Waals surface area contributed by atoms with E-state index in [4.69, 9.17) is 9.68 Å². The number of rotatable bonds is 4. The Balaban J connectivity index is 2.04. The predicted molar refractivity (Wildman–Crippen MR) is 53.0 cm³/mol. The first-order chi connectivity index (χ1) is 7.33. The van der Waals surface area contributed by atoms with Crippen molar-refractivity contribution in [3.05, 3.63) is 24.2 Å². The van der Waals surface area contributed by atoms with Crippen molar-refractivity contribution in [1.29, 1.82) is 5.26 Å².